The molecule has 0 aliphatic heterocycles. The molecule has 1 saturated carbocycles. The van der Waals surface area contributed by atoms with Crippen LogP contribution in [0.25, 0.3) is 0 Å². The lowest BCUT2D eigenvalue weighted by Crippen LogP contribution is -2.18. The Morgan fingerprint density at radius 3 is 2.63 bits per heavy atom. The number of ketones is 1. The predicted octanol–water partition coefficient (Wildman–Crippen LogP) is 3.58. The first-order chi connectivity index (χ1) is 13.0. The molecule has 3 N–H and O–H groups in total. The quantitative estimate of drug-likeness (QED) is 0.453. The fraction of sp³-hybridized carbons (Fsp3) is 0.545. The van der Waals surface area contributed by atoms with Crippen LogP contribution < -0.4 is 0 Å². The van der Waals surface area contributed by atoms with Gasteiger partial charge >= 0.3 is 5.97 Å². The summed E-state index contributed by atoms with van der Waals surface area (Å²) in [6, 6.07) is 0. The summed E-state index contributed by atoms with van der Waals surface area (Å²) in [7, 11) is 0. The second kappa shape index (κ2) is 13.2. The van der Waals surface area contributed by atoms with Gasteiger partial charge in [0.2, 0.25) is 0 Å². The molecule has 0 radical (unpaired) electrons. The van der Waals surface area contributed by atoms with Crippen molar-refractivity contribution in [2.24, 2.45) is 11.8 Å². The summed E-state index contributed by atoms with van der Waals surface area (Å²) in [6.45, 7) is 2.03. The SMILES string of the molecule is CC/C=C\C[C@H](O)/C=C/[C@H]1[C@H](O)CC(=O)[C@H]1C/C=C\C/C=C\CCC(=O)O. The standard InChI is InChI=1S/C22H32O5/c1-2-3-8-11-17(23)14-15-19-18(20(24)16-21(19)25)12-9-6-4-5-7-10-13-22(26)27/h3,5-9,14-15,17-19,21,23,25H,2,4,10-13,16H2,1H3,(H,26,27)/b7-5-,8-3-,9-6-,15-14+/t17-,18-,19+,21+/m0/s1. The monoisotopic (exact) mass is 376 g/mol. The van der Waals surface area contributed by atoms with Crippen molar-refractivity contribution in [3.8, 4) is 0 Å². The zero-order valence-electron chi connectivity index (χ0n) is 16.0. The molecule has 0 spiro atoms. The first kappa shape index (κ1) is 23.1. The Morgan fingerprint density at radius 2 is 1.93 bits per heavy atom. The lowest BCUT2D eigenvalue weighted by atomic mass is 9.90. The minimum Gasteiger partial charge on any atom is -0.481 e. The summed E-state index contributed by atoms with van der Waals surface area (Å²) in [5.41, 5.74) is 0. The van der Waals surface area contributed by atoms with Crippen LogP contribution in [0.15, 0.2) is 48.6 Å². The van der Waals surface area contributed by atoms with Crippen molar-refractivity contribution in [1.82, 2.24) is 0 Å². The highest BCUT2D eigenvalue weighted by atomic mass is 16.4. The van der Waals surface area contributed by atoms with Crippen molar-refractivity contribution in [1.29, 1.82) is 0 Å². The van der Waals surface area contributed by atoms with Crippen molar-refractivity contribution in [2.45, 2.75) is 64.1 Å². The third-order valence-corrected chi connectivity index (χ3v) is 4.59. The van der Waals surface area contributed by atoms with Gasteiger partial charge in [-0.3, -0.25) is 9.59 Å². The average molecular weight is 376 g/mol. The van der Waals surface area contributed by atoms with Gasteiger partial charge in [0.05, 0.1) is 12.2 Å². The number of carboxylic acid groups (broad SMARTS) is 1. The predicted molar refractivity (Wildman–Crippen MR) is 106 cm³/mol. The number of aliphatic hydroxyl groups excluding tert-OH is 2. The van der Waals surface area contributed by atoms with E-state index in [0.29, 0.717) is 25.7 Å². The molecule has 0 aromatic rings. The zero-order valence-corrected chi connectivity index (χ0v) is 16.0. The van der Waals surface area contributed by atoms with E-state index in [4.69, 9.17) is 5.11 Å². The van der Waals surface area contributed by atoms with E-state index in [-0.39, 0.29) is 30.5 Å². The van der Waals surface area contributed by atoms with E-state index >= 15 is 0 Å². The third kappa shape index (κ3) is 9.50. The van der Waals surface area contributed by atoms with Crippen molar-refractivity contribution in [3.63, 3.8) is 0 Å². The molecule has 0 bridgehead atoms. The molecule has 1 rings (SSSR count). The molecule has 5 heteroatoms. The highest BCUT2D eigenvalue weighted by Crippen LogP contribution is 2.33. The zero-order chi connectivity index (χ0) is 20.1. The van der Waals surface area contributed by atoms with Crippen molar-refractivity contribution >= 4 is 11.8 Å². The summed E-state index contributed by atoms with van der Waals surface area (Å²) in [5.74, 6) is -1.28. The molecule has 27 heavy (non-hydrogen) atoms. The van der Waals surface area contributed by atoms with Gasteiger partial charge in [-0.15, -0.1) is 0 Å². The fourth-order valence-electron chi connectivity index (χ4n) is 3.10. The first-order valence-corrected chi connectivity index (χ1v) is 9.69. The number of aliphatic carboxylic acids is 1. The number of hydrogen-bond acceptors (Lipinski definition) is 4. The van der Waals surface area contributed by atoms with Crippen LogP contribution in [0.5, 0.6) is 0 Å². The highest BCUT2D eigenvalue weighted by molar-refractivity contribution is 5.84. The van der Waals surface area contributed by atoms with Crippen molar-refractivity contribution < 1.29 is 24.9 Å². The molecular weight excluding hydrogens is 344 g/mol. The summed E-state index contributed by atoms with van der Waals surface area (Å²) < 4.78 is 0. The Balaban J connectivity index is 2.48. The summed E-state index contributed by atoms with van der Waals surface area (Å²) in [5, 5.41) is 28.7. The second-order valence-corrected chi connectivity index (χ2v) is 6.84. The molecule has 0 saturated heterocycles. The summed E-state index contributed by atoms with van der Waals surface area (Å²) >= 11 is 0. The Morgan fingerprint density at radius 1 is 1.19 bits per heavy atom. The van der Waals surface area contributed by atoms with Gasteiger partial charge < -0.3 is 15.3 Å². The van der Waals surface area contributed by atoms with E-state index < -0.39 is 18.2 Å². The molecule has 1 aliphatic rings. The lowest BCUT2D eigenvalue weighted by Gasteiger charge is -2.16. The van der Waals surface area contributed by atoms with Crippen LogP contribution >= 0.6 is 0 Å². The number of carbonyl (C=O) groups excluding carboxylic acids is 1. The van der Waals surface area contributed by atoms with Gasteiger partial charge in [0.15, 0.2) is 0 Å². The molecule has 1 fully saturated rings. The number of hydrogen-bond donors (Lipinski definition) is 3. The molecule has 5 nitrogen and oxygen atoms in total. The van der Waals surface area contributed by atoms with Gasteiger partial charge in [-0.1, -0.05) is 55.5 Å². The van der Waals surface area contributed by atoms with E-state index in [1.165, 1.54) is 0 Å². The maximum Gasteiger partial charge on any atom is 0.303 e. The van der Waals surface area contributed by atoms with Gasteiger partial charge in [-0.05, 0) is 32.1 Å². The summed E-state index contributed by atoms with van der Waals surface area (Å²) in [6.07, 6.45) is 17.2. The Hall–Kier alpha value is -1.98. The van der Waals surface area contributed by atoms with Crippen molar-refractivity contribution in [2.75, 3.05) is 0 Å². The van der Waals surface area contributed by atoms with Crippen LogP contribution in [-0.2, 0) is 9.59 Å². The molecule has 1 aliphatic carbocycles. The van der Waals surface area contributed by atoms with Crippen LogP contribution in [-0.4, -0.2) is 39.3 Å². The number of aliphatic hydroxyl groups is 2. The van der Waals surface area contributed by atoms with Gasteiger partial charge in [-0.2, -0.15) is 0 Å². The normalized spacial score (nSPS) is 24.9. The summed E-state index contributed by atoms with van der Waals surface area (Å²) in [4.78, 5) is 22.6. The van der Waals surface area contributed by atoms with Crippen LogP contribution in [0.4, 0.5) is 0 Å². The Bertz CT molecular complexity index is 573. The molecule has 0 heterocycles. The van der Waals surface area contributed by atoms with E-state index in [0.717, 1.165) is 6.42 Å². The lowest BCUT2D eigenvalue weighted by molar-refractivity contribution is -0.136. The fourth-order valence-corrected chi connectivity index (χ4v) is 3.10. The van der Waals surface area contributed by atoms with E-state index in [2.05, 4.69) is 0 Å². The Kier molecular flexibility index (Phi) is 11.3. The van der Waals surface area contributed by atoms with Gasteiger partial charge in [-0.25, -0.2) is 0 Å². The minimum absolute atomic E-state index is 0.0548. The van der Waals surface area contributed by atoms with Crippen LogP contribution in [0.2, 0.25) is 0 Å². The number of rotatable bonds is 12. The molecule has 0 amide bonds. The van der Waals surface area contributed by atoms with Crippen LogP contribution in [0.3, 0.4) is 0 Å². The first-order valence-electron chi connectivity index (χ1n) is 9.69. The molecule has 0 unspecified atom stereocenters. The second-order valence-electron chi connectivity index (χ2n) is 6.84. The Labute approximate surface area is 161 Å². The molecule has 150 valence electrons. The molecular formula is C22H32O5. The largest absolute Gasteiger partial charge is 0.481 e. The average Bonchev–Trinajstić information content (AvgIpc) is 2.88. The third-order valence-electron chi connectivity index (χ3n) is 4.59. The maximum absolute atomic E-state index is 12.1. The van der Waals surface area contributed by atoms with E-state index in [1.54, 1.807) is 12.2 Å². The van der Waals surface area contributed by atoms with Crippen LogP contribution in [0, 0.1) is 11.8 Å². The maximum atomic E-state index is 12.1. The minimum atomic E-state index is -0.806. The van der Waals surface area contributed by atoms with E-state index in [1.807, 2.05) is 43.4 Å². The molecule has 4 atom stereocenters. The molecule has 0 aromatic carbocycles. The topological polar surface area (TPSA) is 94.8 Å². The molecule has 0 aromatic heterocycles. The van der Waals surface area contributed by atoms with Crippen LogP contribution in [0.1, 0.15) is 51.9 Å². The highest BCUT2D eigenvalue weighted by Gasteiger charge is 2.39. The van der Waals surface area contributed by atoms with Gasteiger partial charge in [0, 0.05) is 24.7 Å². The number of Topliss-reactive ketones (excluding diaryl/α,β-unsaturated/α-hetero) is 1. The van der Waals surface area contributed by atoms with Gasteiger partial charge in [0.1, 0.15) is 5.78 Å². The number of carbonyl (C=O) groups is 2. The van der Waals surface area contributed by atoms with E-state index in [9.17, 15) is 19.8 Å². The van der Waals surface area contributed by atoms with Crippen molar-refractivity contribution in [3.05, 3.63) is 48.6 Å². The number of allylic oxidation sites excluding steroid dienone is 5. The smallest absolute Gasteiger partial charge is 0.303 e. The van der Waals surface area contributed by atoms with Gasteiger partial charge in [0.25, 0.3) is 0 Å². The number of carboxylic acids is 1.